The second kappa shape index (κ2) is 6.49. The van der Waals surface area contributed by atoms with Gasteiger partial charge in [-0.2, -0.15) is 0 Å². The standard InChI is InChI=1S/C17H15ClN2O4/c1-3-20-8-14(16(21)13-7-11(18)4-5-15(13)20)17(22)23-9-12-6-10(2)24-19-12/h4-8H,3,9H2,1-2H3. The molecule has 2 heterocycles. The van der Waals surface area contributed by atoms with E-state index in [0.29, 0.717) is 28.4 Å². The van der Waals surface area contributed by atoms with Crippen LogP contribution in [0.3, 0.4) is 0 Å². The number of nitrogens with zero attached hydrogens (tertiary/aromatic N) is 2. The molecule has 0 unspecified atom stereocenters. The molecule has 0 aliphatic rings. The van der Waals surface area contributed by atoms with E-state index in [2.05, 4.69) is 5.16 Å². The van der Waals surface area contributed by atoms with Crippen LogP contribution in [0.25, 0.3) is 10.9 Å². The molecule has 0 fully saturated rings. The minimum Gasteiger partial charge on any atom is -0.455 e. The molecule has 0 radical (unpaired) electrons. The molecule has 3 rings (SSSR count). The van der Waals surface area contributed by atoms with Crippen molar-refractivity contribution in [3.05, 3.63) is 62.7 Å². The van der Waals surface area contributed by atoms with Gasteiger partial charge in [-0.15, -0.1) is 0 Å². The third-order valence-corrected chi connectivity index (χ3v) is 3.87. The molecule has 0 amide bonds. The first kappa shape index (κ1) is 16.3. The van der Waals surface area contributed by atoms with Crippen molar-refractivity contribution in [3.63, 3.8) is 0 Å². The van der Waals surface area contributed by atoms with Gasteiger partial charge in [0.1, 0.15) is 23.6 Å². The highest BCUT2D eigenvalue weighted by Gasteiger charge is 2.17. The number of carbonyl (C=O) groups excluding carboxylic acids is 1. The van der Waals surface area contributed by atoms with E-state index < -0.39 is 11.4 Å². The molecule has 0 bridgehead atoms. The number of fused-ring (bicyclic) bond motifs is 1. The monoisotopic (exact) mass is 346 g/mol. The average Bonchev–Trinajstić information content (AvgIpc) is 2.99. The molecular formula is C17H15ClN2O4. The quantitative estimate of drug-likeness (QED) is 0.677. The number of aromatic nitrogens is 2. The molecule has 0 aliphatic heterocycles. The van der Waals surface area contributed by atoms with Gasteiger partial charge in [0.25, 0.3) is 0 Å². The summed E-state index contributed by atoms with van der Waals surface area (Å²) in [6.07, 6.45) is 1.51. The SMILES string of the molecule is CCn1cc(C(=O)OCc2cc(C)on2)c(=O)c2cc(Cl)ccc21. The van der Waals surface area contributed by atoms with Crippen molar-refractivity contribution in [1.29, 1.82) is 0 Å². The molecule has 0 aliphatic carbocycles. The van der Waals surface area contributed by atoms with Gasteiger partial charge in [-0.3, -0.25) is 4.79 Å². The van der Waals surface area contributed by atoms with Crippen molar-refractivity contribution in [2.24, 2.45) is 0 Å². The Morgan fingerprint density at radius 2 is 2.17 bits per heavy atom. The highest BCUT2D eigenvalue weighted by molar-refractivity contribution is 6.31. The summed E-state index contributed by atoms with van der Waals surface area (Å²) in [4.78, 5) is 24.9. The Hall–Kier alpha value is -2.60. The lowest BCUT2D eigenvalue weighted by molar-refractivity contribution is 0.0462. The Morgan fingerprint density at radius 3 is 2.83 bits per heavy atom. The predicted octanol–water partition coefficient (Wildman–Crippen LogP) is 3.33. The predicted molar refractivity (Wildman–Crippen MR) is 89.3 cm³/mol. The molecular weight excluding hydrogens is 332 g/mol. The smallest absolute Gasteiger partial charge is 0.344 e. The van der Waals surface area contributed by atoms with E-state index >= 15 is 0 Å². The van der Waals surface area contributed by atoms with Crippen molar-refractivity contribution < 1.29 is 14.1 Å². The zero-order chi connectivity index (χ0) is 17.3. The van der Waals surface area contributed by atoms with Crippen molar-refractivity contribution in [1.82, 2.24) is 9.72 Å². The summed E-state index contributed by atoms with van der Waals surface area (Å²) >= 11 is 5.98. The van der Waals surface area contributed by atoms with Gasteiger partial charge < -0.3 is 13.8 Å². The summed E-state index contributed by atoms with van der Waals surface area (Å²) in [5.74, 6) is -0.0838. The number of hydrogen-bond acceptors (Lipinski definition) is 5. The van der Waals surface area contributed by atoms with Crippen LogP contribution in [0.5, 0.6) is 0 Å². The molecule has 6 nitrogen and oxygen atoms in total. The Balaban J connectivity index is 1.97. The van der Waals surface area contributed by atoms with Crippen LogP contribution in [-0.2, 0) is 17.9 Å². The second-order valence-corrected chi connectivity index (χ2v) is 5.76. The maximum atomic E-state index is 12.6. The van der Waals surface area contributed by atoms with E-state index in [1.807, 2.05) is 11.5 Å². The lowest BCUT2D eigenvalue weighted by atomic mass is 10.1. The molecule has 7 heteroatoms. The Labute approximate surface area is 142 Å². The summed E-state index contributed by atoms with van der Waals surface area (Å²) in [5.41, 5.74) is 0.765. The van der Waals surface area contributed by atoms with Gasteiger partial charge in [0, 0.05) is 29.2 Å². The van der Waals surface area contributed by atoms with Gasteiger partial charge in [-0.05, 0) is 32.0 Å². The molecule has 0 spiro atoms. The van der Waals surface area contributed by atoms with Crippen LogP contribution in [-0.4, -0.2) is 15.7 Å². The summed E-state index contributed by atoms with van der Waals surface area (Å²) < 4.78 is 11.9. The molecule has 1 aromatic carbocycles. The zero-order valence-electron chi connectivity index (χ0n) is 13.2. The summed E-state index contributed by atoms with van der Waals surface area (Å²) in [7, 11) is 0. The fraction of sp³-hybridized carbons (Fsp3) is 0.235. The molecule has 0 saturated carbocycles. The van der Waals surface area contributed by atoms with E-state index in [4.69, 9.17) is 20.9 Å². The van der Waals surface area contributed by atoms with E-state index in [0.717, 1.165) is 5.52 Å². The van der Waals surface area contributed by atoms with E-state index in [-0.39, 0.29) is 12.2 Å². The van der Waals surface area contributed by atoms with Gasteiger partial charge >= 0.3 is 5.97 Å². The minimum atomic E-state index is -0.704. The maximum Gasteiger partial charge on any atom is 0.344 e. The van der Waals surface area contributed by atoms with Crippen molar-refractivity contribution in [3.8, 4) is 0 Å². The van der Waals surface area contributed by atoms with E-state index in [9.17, 15) is 9.59 Å². The van der Waals surface area contributed by atoms with Crippen LogP contribution in [0.15, 0.2) is 39.8 Å². The summed E-state index contributed by atoms with van der Waals surface area (Å²) in [5, 5.41) is 4.57. The maximum absolute atomic E-state index is 12.6. The minimum absolute atomic E-state index is 0.0353. The Morgan fingerprint density at radius 1 is 1.38 bits per heavy atom. The number of rotatable bonds is 4. The molecule has 24 heavy (non-hydrogen) atoms. The number of ether oxygens (including phenoxy) is 1. The van der Waals surface area contributed by atoms with Crippen LogP contribution >= 0.6 is 11.6 Å². The highest BCUT2D eigenvalue weighted by Crippen LogP contribution is 2.18. The molecule has 0 N–H and O–H groups in total. The number of hydrogen-bond donors (Lipinski definition) is 0. The van der Waals surface area contributed by atoms with Crippen LogP contribution < -0.4 is 5.43 Å². The number of benzene rings is 1. The topological polar surface area (TPSA) is 74.3 Å². The van der Waals surface area contributed by atoms with Crippen molar-refractivity contribution >= 4 is 28.5 Å². The van der Waals surface area contributed by atoms with Gasteiger partial charge in [0.05, 0.1) is 5.52 Å². The Kier molecular flexibility index (Phi) is 4.40. The highest BCUT2D eigenvalue weighted by atomic mass is 35.5. The molecule has 3 aromatic rings. The lowest BCUT2D eigenvalue weighted by Gasteiger charge is -2.11. The molecule has 2 aromatic heterocycles. The van der Waals surface area contributed by atoms with E-state index in [1.165, 1.54) is 6.20 Å². The number of pyridine rings is 1. The van der Waals surface area contributed by atoms with Crippen LogP contribution in [0.4, 0.5) is 0 Å². The van der Waals surface area contributed by atoms with Crippen molar-refractivity contribution in [2.75, 3.05) is 0 Å². The third-order valence-electron chi connectivity index (χ3n) is 3.63. The van der Waals surface area contributed by atoms with Gasteiger partial charge in [-0.1, -0.05) is 16.8 Å². The van der Waals surface area contributed by atoms with Crippen molar-refractivity contribution in [2.45, 2.75) is 27.0 Å². The summed E-state index contributed by atoms with van der Waals surface area (Å²) in [6.45, 7) is 4.20. The molecule has 0 atom stereocenters. The number of aryl methyl sites for hydroxylation is 2. The first-order valence-corrected chi connectivity index (χ1v) is 7.79. The zero-order valence-corrected chi connectivity index (χ0v) is 14.0. The largest absolute Gasteiger partial charge is 0.455 e. The average molecular weight is 347 g/mol. The Bertz CT molecular complexity index is 974. The number of halogens is 1. The van der Waals surface area contributed by atoms with E-state index in [1.54, 1.807) is 31.2 Å². The fourth-order valence-corrected chi connectivity index (χ4v) is 2.65. The number of esters is 1. The number of carbonyl (C=O) groups is 1. The lowest BCUT2D eigenvalue weighted by Crippen LogP contribution is -2.20. The third kappa shape index (κ3) is 3.05. The van der Waals surface area contributed by atoms with Crippen LogP contribution in [0.2, 0.25) is 5.02 Å². The first-order chi connectivity index (χ1) is 11.5. The van der Waals surface area contributed by atoms with Crippen LogP contribution in [0.1, 0.15) is 28.7 Å². The molecule has 0 saturated heterocycles. The van der Waals surface area contributed by atoms with Gasteiger partial charge in [0.15, 0.2) is 0 Å². The van der Waals surface area contributed by atoms with Crippen LogP contribution in [0, 0.1) is 6.92 Å². The first-order valence-electron chi connectivity index (χ1n) is 7.41. The normalized spacial score (nSPS) is 11.0. The fourth-order valence-electron chi connectivity index (χ4n) is 2.48. The second-order valence-electron chi connectivity index (χ2n) is 5.32. The van der Waals surface area contributed by atoms with Gasteiger partial charge in [0.2, 0.25) is 5.43 Å². The summed E-state index contributed by atoms with van der Waals surface area (Å²) in [6, 6.07) is 6.69. The molecule has 124 valence electrons. The van der Waals surface area contributed by atoms with Gasteiger partial charge in [-0.25, -0.2) is 4.79 Å².